The number of nitrogens with zero attached hydrogens (tertiary/aromatic N) is 2. The third-order valence-electron chi connectivity index (χ3n) is 4.23. The molecule has 1 aromatic heterocycles. The standard InChI is InChI=1S/C13H22N2O2/c1-12(2)7-5-6-8-13(12,16)11-10(17-4)9-14-15(11)3/h9,16H,5-8H2,1-4H3. The van der Waals surface area contributed by atoms with Crippen LogP contribution in [0.4, 0.5) is 0 Å². The summed E-state index contributed by atoms with van der Waals surface area (Å²) in [6, 6.07) is 0. The van der Waals surface area contributed by atoms with Crippen molar-refractivity contribution in [3.63, 3.8) is 0 Å². The fraction of sp³-hybridized carbons (Fsp3) is 0.769. The number of rotatable bonds is 2. The van der Waals surface area contributed by atoms with Crippen LogP contribution in [-0.4, -0.2) is 22.0 Å². The predicted molar refractivity (Wildman–Crippen MR) is 65.9 cm³/mol. The van der Waals surface area contributed by atoms with Crippen LogP contribution in [0.1, 0.15) is 45.2 Å². The summed E-state index contributed by atoms with van der Waals surface area (Å²) in [6.07, 6.45) is 5.70. The normalized spacial score (nSPS) is 28.1. The molecule has 4 heteroatoms. The third kappa shape index (κ3) is 1.75. The number of aryl methyl sites for hydroxylation is 1. The van der Waals surface area contributed by atoms with E-state index in [9.17, 15) is 5.11 Å². The number of methoxy groups -OCH3 is 1. The van der Waals surface area contributed by atoms with E-state index in [2.05, 4.69) is 18.9 Å². The van der Waals surface area contributed by atoms with Crippen LogP contribution in [0, 0.1) is 5.41 Å². The van der Waals surface area contributed by atoms with Gasteiger partial charge >= 0.3 is 0 Å². The van der Waals surface area contributed by atoms with Crippen molar-refractivity contribution in [3.8, 4) is 5.75 Å². The largest absolute Gasteiger partial charge is 0.493 e. The fourth-order valence-corrected chi connectivity index (χ4v) is 2.97. The Hall–Kier alpha value is -1.03. The SMILES string of the molecule is COc1cnn(C)c1C1(O)CCCCC1(C)C. The van der Waals surface area contributed by atoms with Crippen molar-refractivity contribution < 1.29 is 9.84 Å². The highest BCUT2D eigenvalue weighted by atomic mass is 16.5. The molecule has 0 spiro atoms. The van der Waals surface area contributed by atoms with E-state index in [1.54, 1.807) is 18.0 Å². The summed E-state index contributed by atoms with van der Waals surface area (Å²) in [6.45, 7) is 4.25. The second-order valence-electron chi connectivity index (χ2n) is 5.64. The zero-order valence-electron chi connectivity index (χ0n) is 11.2. The van der Waals surface area contributed by atoms with Gasteiger partial charge < -0.3 is 9.84 Å². The molecule has 17 heavy (non-hydrogen) atoms. The Morgan fingerprint density at radius 3 is 2.59 bits per heavy atom. The Kier molecular flexibility index (Phi) is 2.94. The smallest absolute Gasteiger partial charge is 0.162 e. The fourth-order valence-electron chi connectivity index (χ4n) is 2.97. The number of aromatic nitrogens is 2. The Morgan fingerprint density at radius 1 is 1.35 bits per heavy atom. The lowest BCUT2D eigenvalue weighted by Crippen LogP contribution is -2.46. The van der Waals surface area contributed by atoms with Gasteiger partial charge in [0.2, 0.25) is 0 Å². The van der Waals surface area contributed by atoms with E-state index in [0.717, 1.165) is 25.0 Å². The molecular formula is C13H22N2O2. The lowest BCUT2D eigenvalue weighted by atomic mass is 9.64. The minimum absolute atomic E-state index is 0.147. The Bertz CT molecular complexity index is 412. The molecule has 4 nitrogen and oxygen atoms in total. The van der Waals surface area contributed by atoms with Gasteiger partial charge in [0.15, 0.2) is 5.75 Å². The van der Waals surface area contributed by atoms with Crippen LogP contribution in [-0.2, 0) is 12.6 Å². The lowest BCUT2D eigenvalue weighted by molar-refractivity contribution is -0.110. The van der Waals surface area contributed by atoms with Crippen LogP contribution >= 0.6 is 0 Å². The minimum atomic E-state index is -0.845. The van der Waals surface area contributed by atoms with Gasteiger partial charge in [-0.2, -0.15) is 5.10 Å². The van der Waals surface area contributed by atoms with Gasteiger partial charge in [-0.25, -0.2) is 0 Å². The lowest BCUT2D eigenvalue weighted by Gasteiger charge is -2.46. The Labute approximate surface area is 103 Å². The quantitative estimate of drug-likeness (QED) is 0.859. The summed E-state index contributed by atoms with van der Waals surface area (Å²) < 4.78 is 7.08. The van der Waals surface area contributed by atoms with Crippen LogP contribution in [0.15, 0.2) is 6.20 Å². The van der Waals surface area contributed by atoms with Crippen molar-refractivity contribution in [3.05, 3.63) is 11.9 Å². The Balaban J connectivity index is 2.52. The van der Waals surface area contributed by atoms with Crippen molar-refractivity contribution in [2.75, 3.05) is 7.11 Å². The second kappa shape index (κ2) is 4.02. The van der Waals surface area contributed by atoms with E-state index < -0.39 is 5.60 Å². The first-order valence-electron chi connectivity index (χ1n) is 6.21. The maximum absolute atomic E-state index is 11.1. The summed E-state index contributed by atoms with van der Waals surface area (Å²) in [5.74, 6) is 0.685. The maximum Gasteiger partial charge on any atom is 0.162 e. The molecule has 1 fully saturated rings. The molecule has 1 aromatic rings. The zero-order chi connectivity index (χ0) is 12.7. The second-order valence-corrected chi connectivity index (χ2v) is 5.64. The zero-order valence-corrected chi connectivity index (χ0v) is 11.2. The predicted octanol–water partition coefficient (Wildman–Crippen LogP) is 2.22. The highest BCUT2D eigenvalue weighted by Crippen LogP contribution is 2.51. The molecule has 0 amide bonds. The molecule has 1 heterocycles. The first-order chi connectivity index (χ1) is 7.92. The van der Waals surface area contributed by atoms with E-state index in [1.165, 1.54) is 6.42 Å². The molecule has 1 unspecified atom stereocenters. The molecule has 0 radical (unpaired) electrons. The molecule has 2 rings (SSSR count). The minimum Gasteiger partial charge on any atom is -0.493 e. The highest BCUT2D eigenvalue weighted by molar-refractivity contribution is 5.33. The van der Waals surface area contributed by atoms with Crippen molar-refractivity contribution in [2.45, 2.75) is 45.1 Å². The van der Waals surface area contributed by atoms with Crippen LogP contribution in [0.25, 0.3) is 0 Å². The number of hydrogen-bond donors (Lipinski definition) is 1. The van der Waals surface area contributed by atoms with Gasteiger partial charge in [-0.1, -0.05) is 26.7 Å². The van der Waals surface area contributed by atoms with Gasteiger partial charge in [0.25, 0.3) is 0 Å². The number of aliphatic hydroxyl groups is 1. The molecule has 1 N–H and O–H groups in total. The van der Waals surface area contributed by atoms with Gasteiger partial charge in [-0.05, 0) is 18.3 Å². The van der Waals surface area contributed by atoms with Gasteiger partial charge in [0.1, 0.15) is 11.3 Å². The summed E-state index contributed by atoms with van der Waals surface area (Å²) in [4.78, 5) is 0. The van der Waals surface area contributed by atoms with Crippen molar-refractivity contribution in [1.82, 2.24) is 9.78 Å². The monoisotopic (exact) mass is 238 g/mol. The summed E-state index contributed by atoms with van der Waals surface area (Å²) >= 11 is 0. The molecule has 1 aliphatic carbocycles. The highest BCUT2D eigenvalue weighted by Gasteiger charge is 2.49. The van der Waals surface area contributed by atoms with Gasteiger partial charge in [-0.3, -0.25) is 4.68 Å². The van der Waals surface area contributed by atoms with Crippen LogP contribution in [0.3, 0.4) is 0 Å². The summed E-state index contributed by atoms with van der Waals surface area (Å²) in [5, 5.41) is 15.3. The number of hydrogen-bond acceptors (Lipinski definition) is 3. The van der Waals surface area contributed by atoms with Crippen molar-refractivity contribution in [2.24, 2.45) is 12.5 Å². The number of ether oxygens (including phenoxy) is 1. The average Bonchev–Trinajstić information content (AvgIpc) is 2.64. The first-order valence-corrected chi connectivity index (χ1v) is 6.21. The molecule has 0 saturated heterocycles. The molecule has 96 valence electrons. The van der Waals surface area contributed by atoms with Gasteiger partial charge in [0, 0.05) is 7.05 Å². The van der Waals surface area contributed by atoms with E-state index >= 15 is 0 Å². The third-order valence-corrected chi connectivity index (χ3v) is 4.23. The molecule has 0 aliphatic heterocycles. The Morgan fingerprint density at radius 2 is 2.00 bits per heavy atom. The van der Waals surface area contributed by atoms with Gasteiger partial charge in [0.05, 0.1) is 13.3 Å². The average molecular weight is 238 g/mol. The molecule has 1 aliphatic rings. The molecule has 1 atom stereocenters. The molecule has 1 saturated carbocycles. The van der Waals surface area contributed by atoms with E-state index in [1.807, 2.05) is 7.05 Å². The maximum atomic E-state index is 11.1. The van der Waals surface area contributed by atoms with Crippen LogP contribution in [0.2, 0.25) is 0 Å². The topological polar surface area (TPSA) is 47.3 Å². The summed E-state index contributed by atoms with van der Waals surface area (Å²) in [5.41, 5.74) is -0.182. The van der Waals surface area contributed by atoms with Crippen molar-refractivity contribution in [1.29, 1.82) is 0 Å². The first kappa shape index (κ1) is 12.4. The van der Waals surface area contributed by atoms with Gasteiger partial charge in [-0.15, -0.1) is 0 Å². The van der Waals surface area contributed by atoms with E-state index in [0.29, 0.717) is 5.75 Å². The molecule has 0 aromatic carbocycles. The van der Waals surface area contributed by atoms with Crippen LogP contribution < -0.4 is 4.74 Å². The molecule has 0 bridgehead atoms. The van der Waals surface area contributed by atoms with Crippen molar-refractivity contribution >= 4 is 0 Å². The van der Waals surface area contributed by atoms with Crippen LogP contribution in [0.5, 0.6) is 5.75 Å². The summed E-state index contributed by atoms with van der Waals surface area (Å²) in [7, 11) is 3.49. The molecular weight excluding hydrogens is 216 g/mol. The van der Waals surface area contributed by atoms with E-state index in [-0.39, 0.29) is 5.41 Å². The van der Waals surface area contributed by atoms with E-state index in [4.69, 9.17) is 4.74 Å².